The van der Waals surface area contributed by atoms with Crippen LogP contribution in [0.25, 0.3) is 16.9 Å². The van der Waals surface area contributed by atoms with Gasteiger partial charge in [0.2, 0.25) is 0 Å². The van der Waals surface area contributed by atoms with Crippen molar-refractivity contribution in [2.45, 2.75) is 25.3 Å². The van der Waals surface area contributed by atoms with Crippen molar-refractivity contribution in [1.29, 1.82) is 0 Å². The number of anilines is 1. The molecule has 2 aliphatic rings. The van der Waals surface area contributed by atoms with Gasteiger partial charge in [-0.2, -0.15) is 0 Å². The molecule has 2 N–H and O–H groups in total. The van der Waals surface area contributed by atoms with Crippen molar-refractivity contribution in [3.8, 4) is 11.4 Å². The molecule has 4 heterocycles. The maximum atomic E-state index is 14.0. The molecule has 1 unspecified atom stereocenters. The van der Waals surface area contributed by atoms with E-state index >= 15 is 0 Å². The Morgan fingerprint density at radius 3 is 2.75 bits per heavy atom. The van der Waals surface area contributed by atoms with E-state index in [1.807, 2.05) is 23.0 Å². The van der Waals surface area contributed by atoms with Crippen LogP contribution >= 0.6 is 11.6 Å². The van der Waals surface area contributed by atoms with Gasteiger partial charge in [0.1, 0.15) is 17.2 Å². The minimum Gasteiger partial charge on any atom is -0.355 e. The van der Waals surface area contributed by atoms with Crippen LogP contribution in [0.5, 0.6) is 0 Å². The van der Waals surface area contributed by atoms with Gasteiger partial charge in [-0.15, -0.1) is 0 Å². The van der Waals surface area contributed by atoms with E-state index in [2.05, 4.69) is 25.9 Å². The van der Waals surface area contributed by atoms with Gasteiger partial charge in [-0.3, -0.25) is 9.38 Å². The number of nitrogens with two attached hydrogens (primary N) is 1. The lowest BCUT2D eigenvalue weighted by Crippen LogP contribution is -2.44. The van der Waals surface area contributed by atoms with Gasteiger partial charge in [-0.1, -0.05) is 17.7 Å². The molecule has 1 aliphatic heterocycles. The molecule has 0 saturated carbocycles. The quantitative estimate of drug-likeness (QED) is 0.491. The first-order chi connectivity index (χ1) is 15.6. The minimum absolute atomic E-state index is 0.0220. The van der Waals surface area contributed by atoms with E-state index < -0.39 is 5.82 Å². The van der Waals surface area contributed by atoms with Crippen LogP contribution in [0.2, 0.25) is 5.02 Å². The third-order valence-corrected chi connectivity index (χ3v) is 7.56. The van der Waals surface area contributed by atoms with Crippen molar-refractivity contribution in [1.82, 2.24) is 19.4 Å². The molecule has 4 aromatic rings. The fourth-order valence-corrected chi connectivity index (χ4v) is 5.59. The second-order valence-corrected chi connectivity index (χ2v) is 9.15. The van der Waals surface area contributed by atoms with Gasteiger partial charge < -0.3 is 10.6 Å². The summed E-state index contributed by atoms with van der Waals surface area (Å²) in [6.07, 6.45) is 12.1. The predicted molar refractivity (Wildman–Crippen MR) is 122 cm³/mol. The molecule has 1 aromatic carbocycles. The summed E-state index contributed by atoms with van der Waals surface area (Å²) in [6.45, 7) is 1.73. The molecule has 6 rings (SSSR count). The molecule has 1 spiro atoms. The lowest BCUT2D eigenvalue weighted by Gasteiger charge is -2.42. The molecule has 0 bridgehead atoms. The second-order valence-electron chi connectivity index (χ2n) is 8.77. The number of aromatic nitrogens is 4. The van der Waals surface area contributed by atoms with Crippen LogP contribution in [-0.4, -0.2) is 32.4 Å². The SMILES string of the molecule is NC1c2cnccc2CC12CCN(c1nccn3c(-c4cccc(F)c4Cl)ncc13)CC2. The summed E-state index contributed by atoms with van der Waals surface area (Å²) in [5.41, 5.74) is 10.7. The topological polar surface area (TPSA) is 72.3 Å². The Morgan fingerprint density at radius 1 is 1.09 bits per heavy atom. The maximum absolute atomic E-state index is 14.0. The molecular weight excluding hydrogens is 427 g/mol. The molecule has 8 heteroatoms. The smallest absolute Gasteiger partial charge is 0.154 e. The Balaban J connectivity index is 1.31. The number of halogens is 2. The van der Waals surface area contributed by atoms with Crippen molar-refractivity contribution in [2.24, 2.45) is 11.1 Å². The molecule has 162 valence electrons. The molecule has 0 radical (unpaired) electrons. The fourth-order valence-electron chi connectivity index (χ4n) is 5.38. The van der Waals surface area contributed by atoms with Gasteiger partial charge >= 0.3 is 0 Å². The highest BCUT2D eigenvalue weighted by molar-refractivity contribution is 6.33. The van der Waals surface area contributed by atoms with Gasteiger partial charge in [-0.05, 0) is 54.0 Å². The summed E-state index contributed by atoms with van der Waals surface area (Å²) in [6, 6.07) is 6.89. The Kier molecular flexibility index (Phi) is 4.45. The van der Waals surface area contributed by atoms with Gasteiger partial charge in [-0.25, -0.2) is 14.4 Å². The van der Waals surface area contributed by atoms with Crippen LogP contribution in [0.3, 0.4) is 0 Å². The molecule has 0 amide bonds. The van der Waals surface area contributed by atoms with E-state index in [9.17, 15) is 4.39 Å². The Hall–Kier alpha value is -3.03. The molecule has 1 aliphatic carbocycles. The zero-order valence-electron chi connectivity index (χ0n) is 17.4. The number of imidazole rings is 1. The van der Waals surface area contributed by atoms with Crippen LogP contribution in [0.1, 0.15) is 30.0 Å². The largest absolute Gasteiger partial charge is 0.355 e. The number of hydrogen-bond acceptors (Lipinski definition) is 5. The van der Waals surface area contributed by atoms with Crippen LogP contribution < -0.4 is 10.6 Å². The summed E-state index contributed by atoms with van der Waals surface area (Å²) in [4.78, 5) is 15.8. The average Bonchev–Trinajstić information content (AvgIpc) is 3.36. The molecular formula is C24H22ClFN6. The predicted octanol–water partition coefficient (Wildman–Crippen LogP) is 4.43. The molecule has 6 nitrogen and oxygen atoms in total. The second kappa shape index (κ2) is 7.25. The van der Waals surface area contributed by atoms with Crippen molar-refractivity contribution in [3.63, 3.8) is 0 Å². The van der Waals surface area contributed by atoms with Crippen LogP contribution in [0, 0.1) is 11.2 Å². The Labute approximate surface area is 189 Å². The molecule has 3 aromatic heterocycles. The standard InChI is InChI=1S/C24H22ClFN6/c25-20-16(2-1-3-18(20)26)22-30-14-19-23(29-8-11-32(19)22)31-9-5-24(6-10-31)12-15-4-7-28-13-17(15)21(24)27/h1-4,7-8,11,13-14,21H,5-6,9-10,12,27H2. The third-order valence-electron chi connectivity index (χ3n) is 7.17. The van der Waals surface area contributed by atoms with E-state index in [4.69, 9.17) is 17.3 Å². The molecule has 1 fully saturated rings. The maximum Gasteiger partial charge on any atom is 0.154 e. The Bertz CT molecular complexity index is 1330. The first-order valence-electron chi connectivity index (χ1n) is 10.8. The number of piperidine rings is 1. The first kappa shape index (κ1) is 19.6. The van der Waals surface area contributed by atoms with Crippen molar-refractivity contribution in [2.75, 3.05) is 18.0 Å². The number of fused-ring (bicyclic) bond motifs is 2. The summed E-state index contributed by atoms with van der Waals surface area (Å²) < 4.78 is 15.9. The normalized spacial score (nSPS) is 19.6. The lowest BCUT2D eigenvalue weighted by atomic mass is 9.73. The summed E-state index contributed by atoms with van der Waals surface area (Å²) in [5.74, 6) is 1.02. The summed E-state index contributed by atoms with van der Waals surface area (Å²) in [7, 11) is 0. The number of nitrogens with zero attached hydrogens (tertiary/aromatic N) is 5. The summed E-state index contributed by atoms with van der Waals surface area (Å²) >= 11 is 6.22. The lowest BCUT2D eigenvalue weighted by molar-refractivity contribution is 0.187. The van der Waals surface area contributed by atoms with Crippen molar-refractivity contribution in [3.05, 3.63) is 77.2 Å². The number of rotatable bonds is 2. The van der Waals surface area contributed by atoms with E-state index in [0.717, 1.165) is 43.7 Å². The highest BCUT2D eigenvalue weighted by Crippen LogP contribution is 2.50. The highest BCUT2D eigenvalue weighted by atomic mass is 35.5. The van der Waals surface area contributed by atoms with E-state index in [1.165, 1.54) is 17.2 Å². The molecule has 1 atom stereocenters. The van der Waals surface area contributed by atoms with Crippen LogP contribution in [0.4, 0.5) is 10.2 Å². The van der Waals surface area contributed by atoms with Gasteiger partial charge in [0.25, 0.3) is 0 Å². The monoisotopic (exact) mass is 448 g/mol. The fraction of sp³-hybridized carbons (Fsp3) is 0.292. The molecule has 32 heavy (non-hydrogen) atoms. The first-order valence-corrected chi connectivity index (χ1v) is 11.1. The number of hydrogen-bond donors (Lipinski definition) is 1. The zero-order valence-corrected chi connectivity index (χ0v) is 18.1. The minimum atomic E-state index is -0.458. The number of pyridine rings is 1. The zero-order chi connectivity index (χ0) is 21.9. The van der Waals surface area contributed by atoms with Crippen LogP contribution in [-0.2, 0) is 6.42 Å². The number of benzene rings is 1. The third kappa shape index (κ3) is 2.84. The van der Waals surface area contributed by atoms with E-state index in [1.54, 1.807) is 24.5 Å². The highest BCUT2D eigenvalue weighted by Gasteiger charge is 2.46. The van der Waals surface area contributed by atoms with Gasteiger partial charge in [0, 0.05) is 49.5 Å². The van der Waals surface area contributed by atoms with Gasteiger partial charge in [0.05, 0.1) is 11.2 Å². The molecule has 1 saturated heterocycles. The van der Waals surface area contributed by atoms with E-state index in [-0.39, 0.29) is 16.5 Å². The van der Waals surface area contributed by atoms with Crippen LogP contribution in [0.15, 0.2) is 55.2 Å². The van der Waals surface area contributed by atoms with Gasteiger partial charge in [0.15, 0.2) is 5.82 Å². The van der Waals surface area contributed by atoms with E-state index in [0.29, 0.717) is 11.4 Å². The van der Waals surface area contributed by atoms with Crippen molar-refractivity contribution < 1.29 is 4.39 Å². The van der Waals surface area contributed by atoms with Crippen molar-refractivity contribution >= 4 is 22.9 Å². The summed E-state index contributed by atoms with van der Waals surface area (Å²) in [5, 5.41) is 0.0718. The Morgan fingerprint density at radius 2 is 1.94 bits per heavy atom. The average molecular weight is 449 g/mol.